The number of furan rings is 2. The van der Waals surface area contributed by atoms with Gasteiger partial charge in [-0.25, -0.2) is 0 Å². The summed E-state index contributed by atoms with van der Waals surface area (Å²) >= 11 is 0. The smallest absolute Gasteiger partial charge is 0.252 e. The Hall–Kier alpha value is -13.2. The van der Waals surface area contributed by atoms with E-state index in [-0.39, 0.29) is 39.2 Å². The molecular formula is C120H109BN2O2. The summed E-state index contributed by atoms with van der Waals surface area (Å²) in [5.41, 5.74) is 40.1. The quantitative estimate of drug-likeness (QED) is 0.121. The van der Waals surface area contributed by atoms with Crippen molar-refractivity contribution >= 4 is 101 Å². The van der Waals surface area contributed by atoms with Crippen LogP contribution in [-0.4, -0.2) is 6.71 Å². The molecule has 0 atom stereocenters. The molecule has 4 nitrogen and oxygen atoms in total. The molecule has 5 heteroatoms. The summed E-state index contributed by atoms with van der Waals surface area (Å²) in [6, 6.07) is 128. The molecule has 0 amide bonds. The lowest BCUT2D eigenvalue weighted by Gasteiger charge is -2.46. The summed E-state index contributed by atoms with van der Waals surface area (Å²) in [4.78, 5) is 5.53. The molecule has 125 heavy (non-hydrogen) atoms. The van der Waals surface area contributed by atoms with Gasteiger partial charge in [-0.3, -0.25) is 0 Å². The van der Waals surface area contributed by atoms with Crippen molar-refractivity contribution < 1.29 is 8.83 Å². The van der Waals surface area contributed by atoms with Crippen molar-refractivity contribution in [2.75, 3.05) is 9.80 Å². The second kappa shape index (κ2) is 29.8. The zero-order valence-corrected chi connectivity index (χ0v) is 75.5. The molecule has 0 spiro atoms. The minimum absolute atomic E-state index is 0.147. The van der Waals surface area contributed by atoms with Crippen LogP contribution in [0.25, 0.3) is 144 Å². The van der Waals surface area contributed by atoms with E-state index in [4.69, 9.17) is 8.83 Å². The highest BCUT2D eigenvalue weighted by atomic mass is 16.3. The largest absolute Gasteiger partial charge is 0.456 e. The van der Waals surface area contributed by atoms with Crippen LogP contribution in [0.3, 0.4) is 0 Å². The standard InChI is InChI=1S/C120H109BN2O2/c1-115(2,3)86-60-83(61-87(68-86)116(4,5)6)79-53-55-100-103(65-79)123(113-96(76-41-27-21-28-42-76)70-90(119(13,14)15)71-97(113)77-43-29-22-30-44-77)105-67-85(84-62-88(117(7,8)9)69-89(63-84)118(10,11)12)66-104-112(105)121(100)101-64-78(82-58-80(74-37-23-19-24-38-74)57-81(59-82)75-39-25-20-26-40-75)54-56-102(101)122(104)114-98(92-47-35-51-108-110(92)94-45-31-33-49-106(94)124-108)72-91(120(16,17)18)73-99(114)93-48-36-52-109-111(93)95-46-32-34-50-107(95)125-109/h19-73H,1-18H3. The van der Waals surface area contributed by atoms with Crippen LogP contribution in [0.15, 0.2) is 342 Å². The Balaban J connectivity index is 1.02. The maximum atomic E-state index is 7.07. The molecule has 2 aliphatic rings. The fourth-order valence-corrected chi connectivity index (χ4v) is 19.4. The van der Waals surface area contributed by atoms with E-state index in [0.717, 1.165) is 173 Å². The van der Waals surface area contributed by atoms with Gasteiger partial charge in [-0.15, -0.1) is 0 Å². The van der Waals surface area contributed by atoms with Crippen molar-refractivity contribution in [3.63, 3.8) is 0 Å². The van der Waals surface area contributed by atoms with Crippen molar-refractivity contribution in [2.24, 2.45) is 0 Å². The second-order valence-electron chi connectivity index (χ2n) is 41.3. The first-order valence-corrected chi connectivity index (χ1v) is 44.7. The van der Waals surface area contributed by atoms with Crippen molar-refractivity contribution in [2.45, 2.75) is 157 Å². The van der Waals surface area contributed by atoms with Gasteiger partial charge in [0.15, 0.2) is 0 Å². The Bertz CT molecular complexity index is 7000. The first kappa shape index (κ1) is 80.2. The second-order valence-corrected chi connectivity index (χ2v) is 41.3. The predicted molar refractivity (Wildman–Crippen MR) is 536 cm³/mol. The van der Waals surface area contributed by atoms with Gasteiger partial charge in [0, 0.05) is 66.5 Å². The van der Waals surface area contributed by atoms with Gasteiger partial charge in [0.2, 0.25) is 0 Å². The zero-order valence-electron chi connectivity index (χ0n) is 75.5. The van der Waals surface area contributed by atoms with Gasteiger partial charge in [0.1, 0.15) is 22.3 Å². The van der Waals surface area contributed by atoms with Crippen LogP contribution in [-0.2, 0) is 32.5 Å². The van der Waals surface area contributed by atoms with E-state index in [1.54, 1.807) is 0 Å². The third-order valence-corrected chi connectivity index (χ3v) is 26.5. The highest BCUT2D eigenvalue weighted by molar-refractivity contribution is 7.00. The van der Waals surface area contributed by atoms with Crippen LogP contribution in [0, 0.1) is 0 Å². The zero-order chi connectivity index (χ0) is 86.7. The number of hydrogen-bond acceptors (Lipinski definition) is 4. The maximum Gasteiger partial charge on any atom is 0.252 e. The molecule has 2 aromatic heterocycles. The molecule has 20 rings (SSSR count). The van der Waals surface area contributed by atoms with E-state index < -0.39 is 0 Å². The molecule has 16 aromatic carbocycles. The normalized spacial score (nSPS) is 13.2. The molecule has 0 saturated carbocycles. The van der Waals surface area contributed by atoms with E-state index in [9.17, 15) is 0 Å². The monoisotopic (exact) mass is 1620 g/mol. The SMILES string of the molecule is CC(C)(C)c1cc(-c2ccc3c(c2)N(c2c(-c4ccccc4)cc(C(C)(C)C)cc2-c2ccccc2)c2cc(-c4cc(C(C)(C)C)cc(C(C)(C)C)c4)cc4c2B3c2cc(-c3cc(-c5ccccc5)cc(-c5ccccc5)c3)ccc2N4c2c(-c3cccc4oc5ccccc5c34)cc(C(C)(C)C)cc2-c2cccc3oc4ccccc4c23)cc(C(C)(C)C)c1. The molecule has 0 fully saturated rings. The molecule has 0 unspecified atom stereocenters. The van der Waals surface area contributed by atoms with Crippen LogP contribution in [0.1, 0.15) is 158 Å². The highest BCUT2D eigenvalue weighted by Gasteiger charge is 2.47. The predicted octanol–water partition coefficient (Wildman–Crippen LogP) is 32.4. The molecule has 0 N–H and O–H groups in total. The van der Waals surface area contributed by atoms with Crippen molar-refractivity contribution in [3.8, 4) is 100 Å². The van der Waals surface area contributed by atoms with Crippen LogP contribution in [0.2, 0.25) is 0 Å². The summed E-state index contributed by atoms with van der Waals surface area (Å²) in [6.07, 6.45) is 0. The Labute approximate surface area is 739 Å². The molecule has 0 bridgehead atoms. The number of nitrogens with zero attached hydrogens (tertiary/aromatic N) is 2. The van der Waals surface area contributed by atoms with E-state index in [1.807, 2.05) is 0 Å². The Kier molecular flexibility index (Phi) is 19.1. The summed E-state index contributed by atoms with van der Waals surface area (Å²) in [5.74, 6) is 0. The number of rotatable bonds is 11. The molecule has 2 aliphatic heterocycles. The van der Waals surface area contributed by atoms with E-state index in [0.29, 0.717) is 0 Å². The van der Waals surface area contributed by atoms with Crippen molar-refractivity contribution in [3.05, 3.63) is 367 Å². The van der Waals surface area contributed by atoms with E-state index in [1.165, 1.54) is 55.3 Å². The fourth-order valence-electron chi connectivity index (χ4n) is 19.4. The van der Waals surface area contributed by atoms with Gasteiger partial charge in [-0.05, 0) is 251 Å². The van der Waals surface area contributed by atoms with Crippen LogP contribution in [0.4, 0.5) is 34.1 Å². The Morgan fingerprint density at radius 2 is 0.512 bits per heavy atom. The lowest BCUT2D eigenvalue weighted by molar-refractivity contribution is 0.568. The molecule has 614 valence electrons. The highest BCUT2D eigenvalue weighted by Crippen LogP contribution is 2.58. The molecule has 0 radical (unpaired) electrons. The average molecular weight is 1620 g/mol. The van der Waals surface area contributed by atoms with Gasteiger partial charge in [-0.1, -0.05) is 367 Å². The maximum absolute atomic E-state index is 7.07. The minimum Gasteiger partial charge on any atom is -0.456 e. The number of anilines is 6. The molecule has 0 aliphatic carbocycles. The lowest BCUT2D eigenvalue weighted by Crippen LogP contribution is -2.61. The first-order valence-electron chi connectivity index (χ1n) is 44.7. The molecule has 4 heterocycles. The van der Waals surface area contributed by atoms with Crippen molar-refractivity contribution in [1.29, 1.82) is 0 Å². The van der Waals surface area contributed by atoms with E-state index >= 15 is 0 Å². The average Bonchev–Trinajstić information content (AvgIpc) is 0.993. The van der Waals surface area contributed by atoms with Gasteiger partial charge in [0.05, 0.1) is 11.4 Å². The number of fused-ring (bicyclic) bond motifs is 10. The van der Waals surface area contributed by atoms with Crippen molar-refractivity contribution in [1.82, 2.24) is 0 Å². The van der Waals surface area contributed by atoms with Crippen LogP contribution < -0.4 is 26.2 Å². The summed E-state index contributed by atoms with van der Waals surface area (Å²) < 4.78 is 14.1. The van der Waals surface area contributed by atoms with Gasteiger partial charge in [-0.2, -0.15) is 0 Å². The third kappa shape index (κ3) is 14.3. The topological polar surface area (TPSA) is 32.8 Å². The molecular weight excluding hydrogens is 1510 g/mol. The third-order valence-electron chi connectivity index (χ3n) is 26.5. The first-order chi connectivity index (χ1) is 59.7. The fraction of sp³-hybridized carbons (Fsp3) is 0.200. The van der Waals surface area contributed by atoms with Gasteiger partial charge in [0.25, 0.3) is 6.71 Å². The molecule has 0 saturated heterocycles. The molecule has 18 aromatic rings. The van der Waals surface area contributed by atoms with Crippen LogP contribution in [0.5, 0.6) is 0 Å². The minimum atomic E-state index is -0.374. The number of hydrogen-bond donors (Lipinski definition) is 0. The summed E-state index contributed by atoms with van der Waals surface area (Å²) in [6.45, 7) is 42.3. The Morgan fingerprint density at radius 1 is 0.200 bits per heavy atom. The summed E-state index contributed by atoms with van der Waals surface area (Å²) in [7, 11) is 0. The van der Waals surface area contributed by atoms with Gasteiger partial charge < -0.3 is 18.6 Å². The van der Waals surface area contributed by atoms with E-state index in [2.05, 4.69) is 468 Å². The number of para-hydroxylation sites is 2. The summed E-state index contributed by atoms with van der Waals surface area (Å²) in [5, 5.41) is 4.25. The van der Waals surface area contributed by atoms with Crippen LogP contribution >= 0.6 is 0 Å². The number of benzene rings is 16. The lowest BCUT2D eigenvalue weighted by atomic mass is 9.33. The van der Waals surface area contributed by atoms with Gasteiger partial charge >= 0.3 is 0 Å². The Morgan fingerprint density at radius 3 is 0.936 bits per heavy atom.